The molecular formula is C11H21NO2. The molecule has 0 saturated heterocycles. The number of ether oxygens (including phenoxy) is 1. The number of hydrogen-bond donors (Lipinski definition) is 1. The van der Waals surface area contributed by atoms with Crippen LogP contribution in [0, 0.1) is 11.8 Å². The van der Waals surface area contributed by atoms with Gasteiger partial charge in [0.1, 0.15) is 12.1 Å². The molecule has 0 aromatic heterocycles. The average molecular weight is 199 g/mol. The predicted octanol–water partition coefficient (Wildman–Crippen LogP) is 1.70. The van der Waals surface area contributed by atoms with E-state index < -0.39 is 6.04 Å². The van der Waals surface area contributed by atoms with E-state index >= 15 is 0 Å². The van der Waals surface area contributed by atoms with E-state index in [1.54, 1.807) is 6.92 Å². The predicted molar refractivity (Wildman–Crippen MR) is 55.7 cm³/mol. The van der Waals surface area contributed by atoms with Gasteiger partial charge >= 0.3 is 5.97 Å². The van der Waals surface area contributed by atoms with Gasteiger partial charge in [-0.15, -0.1) is 0 Å². The Labute approximate surface area is 86.0 Å². The molecule has 0 aromatic carbocycles. The van der Waals surface area contributed by atoms with Gasteiger partial charge in [-0.05, 0) is 38.0 Å². The van der Waals surface area contributed by atoms with E-state index in [2.05, 4.69) is 13.8 Å². The molecule has 0 spiro atoms. The van der Waals surface area contributed by atoms with Crippen LogP contribution in [0.2, 0.25) is 0 Å². The molecule has 0 amide bonds. The number of esters is 1. The first kappa shape index (κ1) is 11.5. The van der Waals surface area contributed by atoms with Crippen LogP contribution >= 0.6 is 0 Å². The third-order valence-electron chi connectivity index (χ3n) is 3.20. The van der Waals surface area contributed by atoms with E-state index in [0.29, 0.717) is 5.92 Å². The molecule has 1 fully saturated rings. The zero-order valence-corrected chi connectivity index (χ0v) is 9.32. The van der Waals surface area contributed by atoms with Crippen LogP contribution in [-0.2, 0) is 9.53 Å². The van der Waals surface area contributed by atoms with Crippen LogP contribution in [0.4, 0.5) is 0 Å². The fraction of sp³-hybridized carbons (Fsp3) is 0.909. The third-order valence-corrected chi connectivity index (χ3v) is 3.20. The Morgan fingerprint density at radius 2 is 2.00 bits per heavy atom. The molecular weight excluding hydrogens is 178 g/mol. The fourth-order valence-electron chi connectivity index (χ4n) is 1.88. The van der Waals surface area contributed by atoms with E-state index in [0.717, 1.165) is 25.2 Å². The second-order valence-electron chi connectivity index (χ2n) is 4.62. The van der Waals surface area contributed by atoms with Crippen LogP contribution in [0.3, 0.4) is 0 Å². The van der Waals surface area contributed by atoms with Crippen molar-refractivity contribution in [2.75, 3.05) is 0 Å². The molecule has 0 heterocycles. The highest BCUT2D eigenvalue weighted by Crippen LogP contribution is 2.30. The minimum Gasteiger partial charge on any atom is -0.461 e. The minimum atomic E-state index is -0.496. The molecule has 2 N–H and O–H groups in total. The van der Waals surface area contributed by atoms with Gasteiger partial charge in [0.2, 0.25) is 0 Å². The highest BCUT2D eigenvalue weighted by Gasteiger charge is 2.27. The molecule has 1 aliphatic carbocycles. The lowest BCUT2D eigenvalue weighted by Gasteiger charge is -2.31. The minimum absolute atomic E-state index is 0.0969. The molecule has 4 atom stereocenters. The fourth-order valence-corrected chi connectivity index (χ4v) is 1.88. The molecule has 0 bridgehead atoms. The molecule has 3 unspecified atom stereocenters. The van der Waals surface area contributed by atoms with Gasteiger partial charge in [0, 0.05) is 0 Å². The number of nitrogens with two attached hydrogens (primary N) is 1. The summed E-state index contributed by atoms with van der Waals surface area (Å²) in [5, 5.41) is 0. The Morgan fingerprint density at radius 1 is 1.36 bits per heavy atom. The van der Waals surface area contributed by atoms with Gasteiger partial charge < -0.3 is 10.5 Å². The lowest BCUT2D eigenvalue weighted by atomic mass is 9.80. The topological polar surface area (TPSA) is 52.3 Å². The Morgan fingerprint density at radius 3 is 2.50 bits per heavy atom. The summed E-state index contributed by atoms with van der Waals surface area (Å²) in [7, 11) is 0. The summed E-state index contributed by atoms with van der Waals surface area (Å²) in [6.45, 7) is 6.14. The highest BCUT2D eigenvalue weighted by molar-refractivity contribution is 5.75. The molecule has 1 rings (SSSR count). The number of rotatable bonds is 2. The maximum Gasteiger partial charge on any atom is 0.322 e. The molecule has 14 heavy (non-hydrogen) atoms. The lowest BCUT2D eigenvalue weighted by molar-refractivity contribution is -0.152. The van der Waals surface area contributed by atoms with Crippen molar-refractivity contribution >= 4 is 5.97 Å². The second-order valence-corrected chi connectivity index (χ2v) is 4.62. The number of carbonyl (C=O) groups excluding carboxylic acids is 1. The van der Waals surface area contributed by atoms with Crippen LogP contribution in [0.25, 0.3) is 0 Å². The summed E-state index contributed by atoms with van der Waals surface area (Å²) in [5.41, 5.74) is 5.44. The van der Waals surface area contributed by atoms with Crippen LogP contribution < -0.4 is 5.73 Å². The van der Waals surface area contributed by atoms with E-state index in [4.69, 9.17) is 10.5 Å². The van der Waals surface area contributed by atoms with E-state index in [9.17, 15) is 4.79 Å². The van der Waals surface area contributed by atoms with E-state index in [-0.39, 0.29) is 12.1 Å². The first-order valence-corrected chi connectivity index (χ1v) is 5.46. The normalized spacial score (nSPS) is 35.0. The molecule has 3 heteroatoms. The van der Waals surface area contributed by atoms with Gasteiger partial charge in [-0.3, -0.25) is 4.79 Å². The van der Waals surface area contributed by atoms with Gasteiger partial charge in [-0.25, -0.2) is 0 Å². The molecule has 0 aromatic rings. The molecule has 1 saturated carbocycles. The van der Waals surface area contributed by atoms with Crippen molar-refractivity contribution in [2.24, 2.45) is 17.6 Å². The SMILES string of the molecule is CC1CCC(OC(=O)[C@H](C)N)CC1C. The van der Waals surface area contributed by atoms with Crippen LogP contribution in [0.15, 0.2) is 0 Å². The Kier molecular flexibility index (Phi) is 3.93. The number of carbonyl (C=O) groups is 1. The first-order chi connectivity index (χ1) is 6.50. The van der Waals surface area contributed by atoms with Crippen molar-refractivity contribution in [3.05, 3.63) is 0 Å². The molecule has 82 valence electrons. The van der Waals surface area contributed by atoms with Gasteiger partial charge in [0.15, 0.2) is 0 Å². The van der Waals surface area contributed by atoms with Crippen molar-refractivity contribution in [3.8, 4) is 0 Å². The van der Waals surface area contributed by atoms with Crippen molar-refractivity contribution in [2.45, 2.75) is 52.2 Å². The van der Waals surface area contributed by atoms with E-state index in [1.165, 1.54) is 0 Å². The number of hydrogen-bond acceptors (Lipinski definition) is 3. The zero-order valence-electron chi connectivity index (χ0n) is 9.32. The van der Waals surface area contributed by atoms with Crippen molar-refractivity contribution in [3.63, 3.8) is 0 Å². The van der Waals surface area contributed by atoms with Crippen molar-refractivity contribution < 1.29 is 9.53 Å². The molecule has 1 aliphatic rings. The second kappa shape index (κ2) is 4.78. The quantitative estimate of drug-likeness (QED) is 0.689. The maximum atomic E-state index is 11.3. The molecule has 0 radical (unpaired) electrons. The average Bonchev–Trinajstić information content (AvgIpc) is 2.11. The molecule has 0 aliphatic heterocycles. The smallest absolute Gasteiger partial charge is 0.322 e. The standard InChI is InChI=1S/C11H21NO2/c1-7-4-5-10(6-8(7)2)14-11(13)9(3)12/h7-10H,4-6,12H2,1-3H3/t7?,8?,9-,10?/m0/s1. The summed E-state index contributed by atoms with van der Waals surface area (Å²) in [6.07, 6.45) is 3.22. The van der Waals surface area contributed by atoms with Crippen LogP contribution in [0.5, 0.6) is 0 Å². The summed E-state index contributed by atoms with van der Waals surface area (Å²) in [6, 6.07) is -0.496. The summed E-state index contributed by atoms with van der Waals surface area (Å²) >= 11 is 0. The highest BCUT2D eigenvalue weighted by atomic mass is 16.5. The van der Waals surface area contributed by atoms with Gasteiger partial charge in [0.05, 0.1) is 0 Å². The Bertz CT molecular complexity index is 203. The van der Waals surface area contributed by atoms with E-state index in [1.807, 2.05) is 0 Å². The maximum absolute atomic E-state index is 11.3. The van der Waals surface area contributed by atoms with Crippen LogP contribution in [0.1, 0.15) is 40.0 Å². The summed E-state index contributed by atoms with van der Waals surface area (Å²) < 4.78 is 5.31. The van der Waals surface area contributed by atoms with Gasteiger partial charge in [-0.2, -0.15) is 0 Å². The third kappa shape index (κ3) is 2.98. The van der Waals surface area contributed by atoms with Crippen LogP contribution in [-0.4, -0.2) is 18.1 Å². The zero-order chi connectivity index (χ0) is 10.7. The monoisotopic (exact) mass is 199 g/mol. The van der Waals surface area contributed by atoms with Gasteiger partial charge in [0.25, 0.3) is 0 Å². The van der Waals surface area contributed by atoms with Crippen molar-refractivity contribution in [1.29, 1.82) is 0 Å². The summed E-state index contributed by atoms with van der Waals surface area (Å²) in [4.78, 5) is 11.3. The Balaban J connectivity index is 2.37. The Hall–Kier alpha value is -0.570. The lowest BCUT2D eigenvalue weighted by Crippen LogP contribution is -2.35. The molecule has 3 nitrogen and oxygen atoms in total. The van der Waals surface area contributed by atoms with Gasteiger partial charge in [-0.1, -0.05) is 13.8 Å². The summed E-state index contributed by atoms with van der Waals surface area (Å²) in [5.74, 6) is 1.13. The first-order valence-electron chi connectivity index (χ1n) is 5.46. The largest absolute Gasteiger partial charge is 0.461 e. The van der Waals surface area contributed by atoms with Crippen molar-refractivity contribution in [1.82, 2.24) is 0 Å².